The number of hydrogen-bond donors (Lipinski definition) is 3. The first-order valence-corrected chi connectivity index (χ1v) is 7.13. The van der Waals surface area contributed by atoms with Crippen LogP contribution in [0.4, 0.5) is 10.5 Å². The molecule has 0 radical (unpaired) electrons. The Morgan fingerprint density at radius 2 is 1.92 bits per heavy atom. The zero-order valence-electron chi connectivity index (χ0n) is 12.8. The van der Waals surface area contributed by atoms with Gasteiger partial charge in [0.15, 0.2) is 0 Å². The molecule has 0 saturated carbocycles. The predicted molar refractivity (Wildman–Crippen MR) is 89.6 cm³/mol. The third-order valence-corrected chi connectivity index (χ3v) is 3.08. The molecule has 2 rings (SSSR count). The Morgan fingerprint density at radius 1 is 1.17 bits per heavy atom. The summed E-state index contributed by atoms with van der Waals surface area (Å²) in [6, 6.07) is 13.1. The second-order valence-corrected chi connectivity index (χ2v) is 4.74. The lowest BCUT2D eigenvalue weighted by Crippen LogP contribution is -2.25. The second-order valence-electron chi connectivity index (χ2n) is 4.74. The van der Waals surface area contributed by atoms with Crippen molar-refractivity contribution in [1.29, 1.82) is 0 Å². The largest absolute Gasteiger partial charge is 0.417 e. The molecule has 0 aromatic heterocycles. The third-order valence-electron chi connectivity index (χ3n) is 3.08. The predicted octanol–water partition coefficient (Wildman–Crippen LogP) is 2.15. The van der Waals surface area contributed by atoms with Crippen molar-refractivity contribution in [3.05, 3.63) is 59.7 Å². The summed E-state index contributed by atoms with van der Waals surface area (Å²) in [6.07, 6.45) is 4.42. The fraction of sp³-hybridized carbons (Fsp3) is 0.111. The van der Waals surface area contributed by atoms with Gasteiger partial charge in [-0.1, -0.05) is 30.2 Å². The minimum absolute atomic E-state index is 0.0669. The van der Waals surface area contributed by atoms with Crippen molar-refractivity contribution in [3.8, 4) is 18.1 Å². The summed E-state index contributed by atoms with van der Waals surface area (Å²) in [5.74, 6) is 2.26. The number of aliphatic hydroxyl groups is 1. The minimum Gasteiger partial charge on any atom is -0.410 e. The van der Waals surface area contributed by atoms with E-state index in [1.54, 1.807) is 42.5 Å². The van der Waals surface area contributed by atoms with Gasteiger partial charge in [0.05, 0.1) is 13.2 Å². The maximum atomic E-state index is 12.1. The quantitative estimate of drug-likeness (QED) is 0.736. The van der Waals surface area contributed by atoms with Gasteiger partial charge in [-0.05, 0) is 29.8 Å². The summed E-state index contributed by atoms with van der Waals surface area (Å²) in [7, 11) is 0. The number of anilines is 1. The summed E-state index contributed by atoms with van der Waals surface area (Å²) in [6.45, 7) is -0.245. The summed E-state index contributed by atoms with van der Waals surface area (Å²) < 4.78 is 5.11. The number of para-hydroxylation sites is 1. The van der Waals surface area contributed by atoms with Crippen LogP contribution in [0.25, 0.3) is 0 Å². The third kappa shape index (κ3) is 4.60. The van der Waals surface area contributed by atoms with Crippen LogP contribution in [-0.4, -0.2) is 23.7 Å². The first-order chi connectivity index (χ1) is 11.6. The standard InChI is InChI=1S/C18H16N2O4/c1-2-10-19-17(22)16-11-14(9-8-13(16)12-21)20-18(23)24-15-6-4-3-5-7-15/h1,3-9,11,21H,10,12H2,(H,19,22)(H,20,23). The first-order valence-electron chi connectivity index (χ1n) is 7.13. The van der Waals surface area contributed by atoms with Crippen LogP contribution in [0.15, 0.2) is 48.5 Å². The lowest BCUT2D eigenvalue weighted by molar-refractivity contribution is 0.0955. The highest BCUT2D eigenvalue weighted by Crippen LogP contribution is 2.17. The van der Waals surface area contributed by atoms with Gasteiger partial charge in [0, 0.05) is 11.3 Å². The number of aliphatic hydroxyl groups excluding tert-OH is 1. The van der Waals surface area contributed by atoms with Crippen molar-refractivity contribution < 1.29 is 19.4 Å². The number of amides is 2. The van der Waals surface area contributed by atoms with E-state index in [4.69, 9.17) is 11.2 Å². The number of terminal acetylenes is 1. The number of rotatable bonds is 5. The highest BCUT2D eigenvalue weighted by atomic mass is 16.6. The van der Waals surface area contributed by atoms with Crippen LogP contribution >= 0.6 is 0 Å². The zero-order chi connectivity index (χ0) is 17.4. The SMILES string of the molecule is C#CCNC(=O)c1cc(NC(=O)Oc2ccccc2)ccc1CO. The van der Waals surface area contributed by atoms with Crippen molar-refractivity contribution in [1.82, 2.24) is 5.32 Å². The van der Waals surface area contributed by atoms with E-state index >= 15 is 0 Å². The van der Waals surface area contributed by atoms with E-state index in [-0.39, 0.29) is 18.7 Å². The van der Waals surface area contributed by atoms with Gasteiger partial charge in [-0.2, -0.15) is 0 Å². The Morgan fingerprint density at radius 3 is 2.58 bits per heavy atom. The van der Waals surface area contributed by atoms with Crippen molar-refractivity contribution in [2.45, 2.75) is 6.61 Å². The normalized spacial score (nSPS) is 9.67. The average molecular weight is 324 g/mol. The first kappa shape index (κ1) is 17.1. The molecule has 2 aromatic rings. The van der Waals surface area contributed by atoms with Gasteiger partial charge in [0.25, 0.3) is 5.91 Å². The van der Waals surface area contributed by atoms with Crippen LogP contribution in [0.5, 0.6) is 5.75 Å². The van der Waals surface area contributed by atoms with Gasteiger partial charge >= 0.3 is 6.09 Å². The molecule has 0 heterocycles. The molecule has 0 bridgehead atoms. The van der Waals surface area contributed by atoms with Crippen molar-refractivity contribution in [2.24, 2.45) is 0 Å². The van der Waals surface area contributed by atoms with Crippen LogP contribution in [0.3, 0.4) is 0 Å². The van der Waals surface area contributed by atoms with Crippen molar-refractivity contribution in [2.75, 3.05) is 11.9 Å². The maximum Gasteiger partial charge on any atom is 0.417 e. The molecule has 0 aliphatic heterocycles. The number of ether oxygens (including phenoxy) is 1. The zero-order valence-corrected chi connectivity index (χ0v) is 12.8. The molecule has 0 saturated heterocycles. The number of carbonyl (C=O) groups is 2. The molecule has 24 heavy (non-hydrogen) atoms. The molecule has 2 amide bonds. The smallest absolute Gasteiger partial charge is 0.410 e. The Labute approximate surface area is 139 Å². The molecule has 6 heteroatoms. The molecule has 6 nitrogen and oxygen atoms in total. The Bertz CT molecular complexity index is 766. The van der Waals surface area contributed by atoms with Crippen LogP contribution in [0.1, 0.15) is 15.9 Å². The molecule has 0 unspecified atom stereocenters. The molecule has 0 aliphatic carbocycles. The topological polar surface area (TPSA) is 87.7 Å². The van der Waals surface area contributed by atoms with Crippen LogP contribution in [0.2, 0.25) is 0 Å². The van der Waals surface area contributed by atoms with Gasteiger partial charge < -0.3 is 15.2 Å². The molecule has 0 aliphatic rings. The minimum atomic E-state index is -0.687. The lowest BCUT2D eigenvalue weighted by Gasteiger charge is -2.11. The number of carbonyl (C=O) groups excluding carboxylic acids is 2. The molecule has 122 valence electrons. The summed E-state index contributed by atoms with van der Waals surface area (Å²) in [5, 5.41) is 14.4. The molecular weight excluding hydrogens is 308 g/mol. The number of benzene rings is 2. The molecule has 0 spiro atoms. The number of nitrogens with one attached hydrogen (secondary N) is 2. The van der Waals surface area contributed by atoms with Gasteiger partial charge in [-0.3, -0.25) is 10.1 Å². The Balaban J connectivity index is 2.11. The second kappa shape index (κ2) is 8.36. The van der Waals surface area contributed by atoms with Crippen molar-refractivity contribution >= 4 is 17.7 Å². The van der Waals surface area contributed by atoms with E-state index in [1.807, 2.05) is 0 Å². The Kier molecular flexibility index (Phi) is 5.95. The van der Waals surface area contributed by atoms with Crippen molar-refractivity contribution in [3.63, 3.8) is 0 Å². The average Bonchev–Trinajstić information content (AvgIpc) is 2.60. The lowest BCUT2D eigenvalue weighted by atomic mass is 10.1. The molecule has 3 N–H and O–H groups in total. The van der Waals surface area contributed by atoms with E-state index in [1.165, 1.54) is 6.07 Å². The summed E-state index contributed by atoms with van der Waals surface area (Å²) >= 11 is 0. The fourth-order valence-electron chi connectivity index (χ4n) is 1.97. The van der Waals surface area contributed by atoms with E-state index in [2.05, 4.69) is 16.6 Å². The van der Waals surface area contributed by atoms with E-state index < -0.39 is 12.0 Å². The molecule has 0 atom stereocenters. The fourth-order valence-corrected chi connectivity index (χ4v) is 1.97. The monoisotopic (exact) mass is 324 g/mol. The summed E-state index contributed by atoms with van der Waals surface area (Å²) in [4.78, 5) is 23.9. The summed E-state index contributed by atoms with van der Waals surface area (Å²) in [5.41, 5.74) is 1.01. The highest BCUT2D eigenvalue weighted by molar-refractivity contribution is 5.98. The number of hydrogen-bond acceptors (Lipinski definition) is 4. The van der Waals surface area contributed by atoms with Gasteiger partial charge in [0.2, 0.25) is 0 Å². The van der Waals surface area contributed by atoms with E-state index in [0.29, 0.717) is 17.0 Å². The van der Waals surface area contributed by atoms with E-state index in [9.17, 15) is 14.7 Å². The van der Waals surface area contributed by atoms with E-state index in [0.717, 1.165) is 0 Å². The van der Waals surface area contributed by atoms with Gasteiger partial charge in [-0.25, -0.2) is 4.79 Å². The van der Waals surface area contributed by atoms with Crippen LogP contribution in [-0.2, 0) is 6.61 Å². The molecule has 2 aromatic carbocycles. The van der Waals surface area contributed by atoms with Gasteiger partial charge in [0.1, 0.15) is 5.75 Å². The maximum absolute atomic E-state index is 12.1. The molecule has 0 fully saturated rings. The van der Waals surface area contributed by atoms with Crippen LogP contribution in [0, 0.1) is 12.3 Å². The highest BCUT2D eigenvalue weighted by Gasteiger charge is 2.13. The van der Waals surface area contributed by atoms with Crippen LogP contribution < -0.4 is 15.4 Å². The Hall–Kier alpha value is -3.30. The molecular formula is C18H16N2O4. The van der Waals surface area contributed by atoms with Gasteiger partial charge in [-0.15, -0.1) is 6.42 Å².